The van der Waals surface area contributed by atoms with Gasteiger partial charge in [-0.25, -0.2) is 14.2 Å². The van der Waals surface area contributed by atoms with E-state index in [-0.39, 0.29) is 42.6 Å². The van der Waals surface area contributed by atoms with Crippen LogP contribution in [-0.2, 0) is 30.1 Å². The first-order chi connectivity index (χ1) is 37.7. The first kappa shape index (κ1) is 59.2. The highest BCUT2D eigenvalue weighted by atomic mass is 32.2. The number of ether oxygens (including phenoxy) is 1. The third-order valence-electron chi connectivity index (χ3n) is 12.8. The van der Waals surface area contributed by atoms with Gasteiger partial charge >= 0.3 is 6.03 Å². The van der Waals surface area contributed by atoms with Gasteiger partial charge in [0.15, 0.2) is 17.4 Å². The molecule has 1 aliphatic carbocycles. The van der Waals surface area contributed by atoms with Gasteiger partial charge < -0.3 is 20.7 Å². The van der Waals surface area contributed by atoms with Crippen LogP contribution in [0.15, 0.2) is 95.8 Å². The third-order valence-corrected chi connectivity index (χ3v) is 13.8. The summed E-state index contributed by atoms with van der Waals surface area (Å²) in [6.07, 6.45) is 11.5. The van der Waals surface area contributed by atoms with E-state index in [0.29, 0.717) is 47.1 Å². The van der Waals surface area contributed by atoms with Gasteiger partial charge in [0.25, 0.3) is 0 Å². The van der Waals surface area contributed by atoms with Crippen LogP contribution in [0, 0.1) is 18.7 Å². The number of hydrogen-bond acceptors (Lipinski definition) is 12. The Bertz CT molecular complexity index is 3290. The van der Waals surface area contributed by atoms with Gasteiger partial charge in [0.1, 0.15) is 17.8 Å². The average Bonchev–Trinajstić information content (AvgIpc) is 4.25. The fraction of sp³-hybridized carbons (Fsp3) is 0.386. The van der Waals surface area contributed by atoms with E-state index in [2.05, 4.69) is 88.3 Å². The maximum atomic E-state index is 15.5. The molecule has 5 heterocycles. The Hall–Kier alpha value is -8.07. The number of rotatable bonds is 19. The van der Waals surface area contributed by atoms with Crippen LogP contribution in [0.25, 0.3) is 33.9 Å². The summed E-state index contributed by atoms with van der Waals surface area (Å²) < 4.78 is 26.6. The number of carbonyl (C=O) groups is 3. The van der Waals surface area contributed by atoms with Crippen LogP contribution in [0.1, 0.15) is 102 Å². The topological polar surface area (TPSA) is 210 Å². The first-order valence-corrected chi connectivity index (χ1v) is 27.3. The van der Waals surface area contributed by atoms with Crippen molar-refractivity contribution in [2.24, 2.45) is 20.0 Å². The van der Waals surface area contributed by atoms with Gasteiger partial charge in [-0.1, -0.05) is 71.2 Å². The minimum Gasteiger partial charge on any atom is -0.485 e. The number of aromatic amines is 1. The molecule has 5 aromatic heterocycles. The predicted octanol–water partition coefficient (Wildman–Crippen LogP) is 11.0. The molecule has 1 saturated carbocycles. The third kappa shape index (κ3) is 13.9. The molecule has 21 heteroatoms. The molecule has 0 radical (unpaired) electrons. The zero-order valence-electron chi connectivity index (χ0n) is 46.9. The molecule has 0 spiro atoms. The van der Waals surface area contributed by atoms with Gasteiger partial charge in [-0.2, -0.15) is 24.8 Å². The van der Waals surface area contributed by atoms with E-state index in [9.17, 15) is 14.4 Å². The number of halogens is 1. The lowest BCUT2D eigenvalue weighted by Crippen LogP contribution is -2.39. The summed E-state index contributed by atoms with van der Waals surface area (Å²) in [6.45, 7) is 20.5. The molecule has 0 atom stereocenters. The molecule has 1 aliphatic rings. The lowest BCUT2D eigenvalue weighted by atomic mass is 9.69. The highest BCUT2D eigenvalue weighted by Gasteiger charge is 2.31. The van der Waals surface area contributed by atoms with Crippen LogP contribution in [0.3, 0.4) is 0 Å². The molecule has 78 heavy (non-hydrogen) atoms. The standard InChI is InChI=1S/C41H42FN11O3S.C12H20N4O.2C2H6/c1-24(2)56-38-37(29-20-45-46-21-29)44-22-53-40(38)48-41(50-53)47-34-11-9-31(19-33(34)42)57-30-7-5-6-25(17-30)14-26-15-28(16-26)27-8-10-32-35(18-27)51(4)49-39(32)52(23-54)13-12-36(55)43-3;1-6-8-16(12(17)13-4)11-9(3)10(7-2)15(5)14-11;2*1-2/h5-11,17-24,26,28H,12-16H2,1-4H3,(H,43,55)(H,45,46)(H,47,50);7H,2,6,8H2,1,3-5H3,(H,13,17);2*1-2H3. The van der Waals surface area contributed by atoms with Crippen LogP contribution in [-0.4, -0.2) is 101 Å². The molecule has 1 fully saturated rings. The fourth-order valence-corrected chi connectivity index (χ4v) is 10.0. The van der Waals surface area contributed by atoms with Gasteiger partial charge in [0.2, 0.25) is 23.9 Å². The summed E-state index contributed by atoms with van der Waals surface area (Å²) in [6, 6.07) is 19.8. The lowest BCUT2D eigenvalue weighted by molar-refractivity contribution is -0.120. The number of carbonyl (C=O) groups excluding carboxylic acids is 3. The number of nitrogens with zero attached hydrogens (tertiary/aromatic N) is 11. The van der Waals surface area contributed by atoms with E-state index in [0.717, 1.165) is 69.6 Å². The molecular weight excluding hydrogens is 1010 g/mol. The second kappa shape index (κ2) is 27.8. The van der Waals surface area contributed by atoms with E-state index in [1.54, 1.807) is 59.2 Å². The van der Waals surface area contributed by atoms with E-state index < -0.39 is 5.82 Å². The number of hydrogen-bond donors (Lipinski definition) is 4. The van der Waals surface area contributed by atoms with E-state index in [4.69, 9.17) is 4.74 Å². The van der Waals surface area contributed by atoms with Crippen molar-refractivity contribution in [1.82, 2.24) is 60.0 Å². The van der Waals surface area contributed by atoms with Crippen LogP contribution in [0.5, 0.6) is 5.75 Å². The number of urea groups is 1. The Labute approximate surface area is 460 Å². The lowest BCUT2D eigenvalue weighted by Gasteiger charge is -2.36. The maximum absolute atomic E-state index is 15.5. The molecule has 0 aliphatic heterocycles. The second-order valence-electron chi connectivity index (χ2n) is 18.3. The van der Waals surface area contributed by atoms with Crippen molar-refractivity contribution in [3.05, 3.63) is 114 Å². The molecule has 0 unspecified atom stereocenters. The van der Waals surface area contributed by atoms with Gasteiger partial charge in [0, 0.05) is 80.2 Å². The highest BCUT2D eigenvalue weighted by molar-refractivity contribution is 7.99. The summed E-state index contributed by atoms with van der Waals surface area (Å²) in [7, 11) is 6.93. The highest BCUT2D eigenvalue weighted by Crippen LogP contribution is 2.45. The van der Waals surface area contributed by atoms with Crippen molar-refractivity contribution in [3.8, 4) is 17.0 Å². The summed E-state index contributed by atoms with van der Waals surface area (Å²) >= 11 is 1.52. The molecule has 3 aromatic carbocycles. The van der Waals surface area contributed by atoms with Crippen molar-refractivity contribution < 1.29 is 23.5 Å². The fourth-order valence-electron chi connectivity index (χ4n) is 9.09. The largest absolute Gasteiger partial charge is 0.485 e. The summed E-state index contributed by atoms with van der Waals surface area (Å²) in [4.78, 5) is 49.5. The number of benzene rings is 3. The Morgan fingerprint density at radius 3 is 2.35 bits per heavy atom. The molecule has 8 aromatic rings. The zero-order chi connectivity index (χ0) is 56.6. The van der Waals surface area contributed by atoms with Crippen molar-refractivity contribution in [2.45, 2.75) is 109 Å². The van der Waals surface area contributed by atoms with Gasteiger partial charge in [-0.3, -0.25) is 33.9 Å². The van der Waals surface area contributed by atoms with Crippen molar-refractivity contribution >= 4 is 76.0 Å². The molecule has 0 saturated heterocycles. The molecule has 9 rings (SSSR count). The monoisotopic (exact) mass is 1080 g/mol. The number of nitrogens with one attached hydrogen (secondary N) is 4. The SMILES string of the molecule is C=Cc1c(C)c(N(CCC)C(=O)NC)nn1C.CC.CC.CNC(=O)CCN(C=O)c1nn(C)c2cc(C3CC(Cc4cccc(Sc5ccc(Nc6nc7c(OC(C)C)c(-c8cn[nH]c8)ncn7n6)c(F)c5)c4)C3)ccc12. The number of amides is 4. The van der Waals surface area contributed by atoms with Gasteiger partial charge in [0.05, 0.1) is 29.2 Å². The molecule has 19 nitrogen and oxygen atoms in total. The quantitative estimate of drug-likeness (QED) is 0.0557. The number of aromatic nitrogens is 10. The smallest absolute Gasteiger partial charge is 0.322 e. The van der Waals surface area contributed by atoms with E-state index >= 15 is 4.39 Å². The molecule has 4 N–H and O–H groups in total. The van der Waals surface area contributed by atoms with Gasteiger partial charge in [-0.15, -0.1) is 5.10 Å². The Morgan fingerprint density at radius 2 is 1.71 bits per heavy atom. The Kier molecular flexibility index (Phi) is 21.1. The first-order valence-electron chi connectivity index (χ1n) is 26.5. The van der Waals surface area contributed by atoms with Crippen LogP contribution in [0.4, 0.5) is 32.5 Å². The van der Waals surface area contributed by atoms with Crippen LogP contribution in [0.2, 0.25) is 0 Å². The minimum atomic E-state index is -0.422. The molecule has 414 valence electrons. The second-order valence-corrected chi connectivity index (χ2v) is 19.5. The zero-order valence-corrected chi connectivity index (χ0v) is 47.7. The number of fused-ring (bicyclic) bond motifs is 2. The maximum Gasteiger partial charge on any atom is 0.322 e. The van der Waals surface area contributed by atoms with E-state index in [1.165, 1.54) is 38.4 Å². The summed E-state index contributed by atoms with van der Waals surface area (Å²) in [5.74, 6) is 2.38. The van der Waals surface area contributed by atoms with E-state index in [1.807, 2.05) is 87.7 Å². The van der Waals surface area contributed by atoms with Crippen molar-refractivity contribution in [3.63, 3.8) is 0 Å². The Balaban J connectivity index is 0.000000398. The number of anilines is 4. The normalized spacial score (nSPS) is 13.5. The van der Waals surface area contributed by atoms with Crippen LogP contribution < -0.4 is 30.5 Å². The summed E-state index contributed by atoms with van der Waals surface area (Å²) in [5, 5.41) is 29.4. The minimum absolute atomic E-state index is 0.129. The molecule has 0 bridgehead atoms. The number of aryl methyl sites for hydroxylation is 2. The predicted molar refractivity (Wildman–Crippen MR) is 309 cm³/mol. The van der Waals surface area contributed by atoms with Crippen LogP contribution >= 0.6 is 11.8 Å². The number of H-pyrrole nitrogens is 1. The molecular formula is C57H74FN15O4S. The van der Waals surface area contributed by atoms with Gasteiger partial charge in [-0.05, 0) is 118 Å². The van der Waals surface area contributed by atoms with Crippen molar-refractivity contribution in [1.29, 1.82) is 0 Å². The Morgan fingerprint density at radius 1 is 0.962 bits per heavy atom. The van der Waals surface area contributed by atoms with Crippen molar-refractivity contribution in [2.75, 3.05) is 42.3 Å². The molecule has 4 amide bonds. The summed E-state index contributed by atoms with van der Waals surface area (Å²) in [5.41, 5.74) is 7.41. The average molecular weight is 1080 g/mol.